The minimum Gasteiger partial charge on any atom is -0.314 e. The van der Waals surface area contributed by atoms with Gasteiger partial charge in [0.05, 0.1) is 11.9 Å². The lowest BCUT2D eigenvalue weighted by Crippen LogP contribution is -2.39. The van der Waals surface area contributed by atoms with Crippen molar-refractivity contribution >= 4 is 0 Å². The lowest BCUT2D eigenvalue weighted by Gasteiger charge is -2.29. The minimum absolute atomic E-state index is 0.277. The van der Waals surface area contributed by atoms with Crippen LogP contribution in [0.15, 0.2) is 6.20 Å². The number of rotatable bonds is 5. The molecule has 1 saturated heterocycles. The van der Waals surface area contributed by atoms with Crippen molar-refractivity contribution in [3.8, 4) is 0 Å². The second kappa shape index (κ2) is 5.78. The zero-order chi connectivity index (χ0) is 13.0. The molecule has 0 aromatic carbocycles. The summed E-state index contributed by atoms with van der Waals surface area (Å²) in [6, 6.07) is 0.277. The maximum atomic E-state index is 14.9. The minimum atomic E-state index is -1.35. The van der Waals surface area contributed by atoms with Crippen molar-refractivity contribution in [2.24, 2.45) is 0 Å². The van der Waals surface area contributed by atoms with Gasteiger partial charge >= 0.3 is 0 Å². The lowest BCUT2D eigenvalue weighted by atomic mass is 9.91. The highest BCUT2D eigenvalue weighted by Gasteiger charge is 2.33. The van der Waals surface area contributed by atoms with Crippen molar-refractivity contribution in [3.05, 3.63) is 11.9 Å². The number of nitrogens with zero attached hydrogens (tertiary/aromatic N) is 3. The van der Waals surface area contributed by atoms with Gasteiger partial charge in [0.1, 0.15) is 0 Å². The smallest absolute Gasteiger partial charge is 0.152 e. The molecule has 2 rings (SSSR count). The van der Waals surface area contributed by atoms with Crippen LogP contribution in [0.4, 0.5) is 4.39 Å². The van der Waals surface area contributed by atoms with Crippen LogP contribution in [0.3, 0.4) is 0 Å². The topological polar surface area (TPSA) is 42.7 Å². The molecule has 1 aromatic heterocycles. The molecule has 5 heteroatoms. The molecular weight excluding hydrogens is 231 g/mol. The van der Waals surface area contributed by atoms with Gasteiger partial charge in [0.15, 0.2) is 5.67 Å². The fraction of sp³-hybridized carbons (Fsp3) is 0.846. The molecule has 0 aliphatic carbocycles. The highest BCUT2D eigenvalue weighted by Crippen LogP contribution is 2.31. The predicted octanol–water partition coefficient (Wildman–Crippen LogP) is 2.41. The first-order valence-corrected chi connectivity index (χ1v) is 6.95. The lowest BCUT2D eigenvalue weighted by molar-refractivity contribution is 0.133. The van der Waals surface area contributed by atoms with Gasteiger partial charge in [0.2, 0.25) is 0 Å². The largest absolute Gasteiger partial charge is 0.314 e. The Balaban J connectivity index is 2.06. The first kappa shape index (κ1) is 13.5. The highest BCUT2D eigenvalue weighted by atomic mass is 19.1. The summed E-state index contributed by atoms with van der Waals surface area (Å²) < 4.78 is 16.6. The molecule has 0 saturated carbocycles. The molecule has 1 N–H and O–H groups in total. The number of alkyl halides is 1. The molecule has 1 aromatic rings. The number of piperidine rings is 1. The van der Waals surface area contributed by atoms with Gasteiger partial charge in [-0.15, -0.1) is 5.10 Å². The zero-order valence-corrected chi connectivity index (χ0v) is 11.3. The van der Waals surface area contributed by atoms with Gasteiger partial charge in [-0.25, -0.2) is 9.07 Å². The van der Waals surface area contributed by atoms with E-state index in [0.717, 1.165) is 25.9 Å². The molecule has 18 heavy (non-hydrogen) atoms. The molecule has 2 unspecified atom stereocenters. The van der Waals surface area contributed by atoms with E-state index < -0.39 is 5.67 Å². The summed E-state index contributed by atoms with van der Waals surface area (Å²) >= 11 is 0. The van der Waals surface area contributed by atoms with Crippen LogP contribution in [0, 0.1) is 0 Å². The second-order valence-electron chi connectivity index (χ2n) is 5.39. The van der Waals surface area contributed by atoms with Crippen LogP contribution in [-0.2, 0) is 12.2 Å². The van der Waals surface area contributed by atoms with E-state index in [2.05, 4.69) is 22.6 Å². The van der Waals surface area contributed by atoms with Gasteiger partial charge in [0.25, 0.3) is 0 Å². The maximum absolute atomic E-state index is 14.9. The summed E-state index contributed by atoms with van der Waals surface area (Å²) in [5.41, 5.74) is -0.745. The van der Waals surface area contributed by atoms with Crippen molar-refractivity contribution in [1.82, 2.24) is 20.3 Å². The average molecular weight is 254 g/mol. The third-order valence-electron chi connectivity index (χ3n) is 3.63. The van der Waals surface area contributed by atoms with E-state index in [0.29, 0.717) is 12.1 Å². The summed E-state index contributed by atoms with van der Waals surface area (Å²) in [4.78, 5) is 0. The Labute approximate surface area is 108 Å². The third kappa shape index (κ3) is 3.07. The van der Waals surface area contributed by atoms with Gasteiger partial charge in [-0.1, -0.05) is 18.6 Å². The van der Waals surface area contributed by atoms with E-state index in [4.69, 9.17) is 0 Å². The maximum Gasteiger partial charge on any atom is 0.152 e. The third-order valence-corrected chi connectivity index (χ3v) is 3.63. The van der Waals surface area contributed by atoms with Crippen LogP contribution in [0.25, 0.3) is 0 Å². The Kier molecular flexibility index (Phi) is 4.32. The number of aryl methyl sites for hydroxylation is 1. The van der Waals surface area contributed by atoms with Crippen molar-refractivity contribution in [2.45, 2.75) is 64.2 Å². The first-order valence-electron chi connectivity index (χ1n) is 6.95. The normalized spacial score (nSPS) is 23.8. The Bertz CT molecular complexity index is 369. The SMILES string of the molecule is CCCn1nncc1C(C)(F)CC1CCCCN1. The van der Waals surface area contributed by atoms with E-state index >= 15 is 0 Å². The summed E-state index contributed by atoms with van der Waals surface area (Å²) in [5.74, 6) is 0. The van der Waals surface area contributed by atoms with Gasteiger partial charge in [0, 0.05) is 19.0 Å². The molecule has 0 spiro atoms. The molecular formula is C13H23FN4. The molecule has 4 nitrogen and oxygen atoms in total. The van der Waals surface area contributed by atoms with E-state index in [9.17, 15) is 4.39 Å². The van der Waals surface area contributed by atoms with Crippen LogP contribution in [0.1, 0.15) is 51.6 Å². The standard InChI is InChI=1S/C13H23FN4/c1-3-8-18-12(10-16-17-18)13(2,14)9-11-6-4-5-7-15-11/h10-11,15H,3-9H2,1-2H3. The molecule has 0 amide bonds. The summed E-state index contributed by atoms with van der Waals surface area (Å²) in [7, 11) is 0. The van der Waals surface area contributed by atoms with Crippen LogP contribution >= 0.6 is 0 Å². The van der Waals surface area contributed by atoms with Crippen LogP contribution in [0.2, 0.25) is 0 Å². The number of nitrogens with one attached hydrogen (secondary N) is 1. The van der Waals surface area contributed by atoms with Crippen molar-refractivity contribution in [1.29, 1.82) is 0 Å². The average Bonchev–Trinajstić information content (AvgIpc) is 2.79. The van der Waals surface area contributed by atoms with E-state index in [1.165, 1.54) is 12.8 Å². The number of aromatic nitrogens is 3. The second-order valence-corrected chi connectivity index (χ2v) is 5.39. The molecule has 1 aliphatic rings. The summed E-state index contributed by atoms with van der Waals surface area (Å²) in [6.45, 7) is 5.44. The Morgan fingerprint density at radius 1 is 1.56 bits per heavy atom. The Morgan fingerprint density at radius 2 is 2.39 bits per heavy atom. The van der Waals surface area contributed by atoms with Crippen molar-refractivity contribution in [2.75, 3.05) is 6.54 Å². The summed E-state index contributed by atoms with van der Waals surface area (Å²) in [6.07, 6.45) is 6.47. The van der Waals surface area contributed by atoms with E-state index in [1.807, 2.05) is 0 Å². The predicted molar refractivity (Wildman–Crippen MR) is 69.0 cm³/mol. The molecule has 102 valence electrons. The fourth-order valence-electron chi connectivity index (χ4n) is 2.70. The number of halogens is 1. The van der Waals surface area contributed by atoms with Gasteiger partial charge in [-0.3, -0.25) is 0 Å². The molecule has 1 fully saturated rings. The van der Waals surface area contributed by atoms with E-state index in [1.54, 1.807) is 17.8 Å². The molecule has 2 heterocycles. The molecule has 0 radical (unpaired) electrons. The molecule has 2 atom stereocenters. The van der Waals surface area contributed by atoms with Crippen LogP contribution in [0.5, 0.6) is 0 Å². The zero-order valence-electron chi connectivity index (χ0n) is 11.3. The monoisotopic (exact) mass is 254 g/mol. The molecule has 1 aliphatic heterocycles. The number of hydrogen-bond acceptors (Lipinski definition) is 3. The first-order chi connectivity index (χ1) is 8.63. The van der Waals surface area contributed by atoms with Crippen LogP contribution < -0.4 is 5.32 Å². The van der Waals surface area contributed by atoms with Crippen molar-refractivity contribution < 1.29 is 4.39 Å². The molecule has 0 bridgehead atoms. The Hall–Kier alpha value is -0.970. The Morgan fingerprint density at radius 3 is 3.06 bits per heavy atom. The number of hydrogen-bond donors (Lipinski definition) is 1. The highest BCUT2D eigenvalue weighted by molar-refractivity contribution is 5.08. The van der Waals surface area contributed by atoms with Gasteiger partial charge in [-0.2, -0.15) is 0 Å². The van der Waals surface area contributed by atoms with E-state index in [-0.39, 0.29) is 6.04 Å². The van der Waals surface area contributed by atoms with Crippen LogP contribution in [-0.4, -0.2) is 27.6 Å². The van der Waals surface area contributed by atoms with Crippen molar-refractivity contribution in [3.63, 3.8) is 0 Å². The quantitative estimate of drug-likeness (QED) is 0.877. The fourth-order valence-corrected chi connectivity index (χ4v) is 2.70. The summed E-state index contributed by atoms with van der Waals surface area (Å²) in [5, 5.41) is 11.2. The van der Waals surface area contributed by atoms with Gasteiger partial charge < -0.3 is 5.32 Å². The van der Waals surface area contributed by atoms with Gasteiger partial charge in [-0.05, 0) is 32.7 Å².